The van der Waals surface area contributed by atoms with Crippen LogP contribution in [0.4, 0.5) is 11.4 Å². The molecule has 30 heavy (non-hydrogen) atoms. The molecule has 0 saturated heterocycles. The number of carbonyl (C=O) groups is 2. The van der Waals surface area contributed by atoms with E-state index in [0.29, 0.717) is 0 Å². The van der Waals surface area contributed by atoms with E-state index in [1.165, 1.54) is 11.8 Å². The van der Waals surface area contributed by atoms with Crippen molar-refractivity contribution in [3.05, 3.63) is 41.3 Å². The summed E-state index contributed by atoms with van der Waals surface area (Å²) < 4.78 is 2.02. The van der Waals surface area contributed by atoms with Crippen LogP contribution in [0.25, 0.3) is 10.7 Å². The van der Waals surface area contributed by atoms with Gasteiger partial charge >= 0.3 is 0 Å². The fourth-order valence-electron chi connectivity index (χ4n) is 3.06. The van der Waals surface area contributed by atoms with E-state index < -0.39 is 0 Å². The van der Waals surface area contributed by atoms with E-state index in [1.54, 1.807) is 11.3 Å². The van der Waals surface area contributed by atoms with Gasteiger partial charge in [-0.05, 0) is 61.9 Å². The summed E-state index contributed by atoms with van der Waals surface area (Å²) in [6, 6.07) is 9.52. The number of aromatic nitrogens is 3. The zero-order valence-electron chi connectivity index (χ0n) is 16.8. The van der Waals surface area contributed by atoms with E-state index in [2.05, 4.69) is 20.8 Å². The third-order valence-corrected chi connectivity index (χ3v) is 6.66. The molecule has 0 radical (unpaired) electrons. The molecule has 156 valence electrons. The maximum Gasteiger partial charge on any atom is 0.234 e. The highest BCUT2D eigenvalue weighted by Gasteiger charge is 2.29. The monoisotopic (exact) mass is 441 g/mol. The van der Waals surface area contributed by atoms with Gasteiger partial charge in [0.2, 0.25) is 11.8 Å². The Hall–Kier alpha value is -2.65. The van der Waals surface area contributed by atoms with Crippen molar-refractivity contribution >= 4 is 46.3 Å². The van der Waals surface area contributed by atoms with Crippen molar-refractivity contribution in [3.8, 4) is 10.7 Å². The van der Waals surface area contributed by atoms with E-state index in [0.717, 1.165) is 52.2 Å². The molecule has 0 aliphatic heterocycles. The maximum atomic E-state index is 12.5. The van der Waals surface area contributed by atoms with Gasteiger partial charge < -0.3 is 15.2 Å². The molecule has 0 unspecified atom stereocenters. The highest BCUT2D eigenvalue weighted by Crippen LogP contribution is 2.31. The molecule has 1 aromatic carbocycles. The Morgan fingerprint density at radius 1 is 1.23 bits per heavy atom. The second kappa shape index (κ2) is 9.01. The molecule has 2 heterocycles. The second-order valence-corrected chi connectivity index (χ2v) is 9.05. The number of thiophene rings is 1. The largest absolute Gasteiger partial charge is 0.326 e. The quantitative estimate of drug-likeness (QED) is 0.505. The first-order valence-electron chi connectivity index (χ1n) is 9.86. The van der Waals surface area contributed by atoms with Crippen LogP contribution in [-0.4, -0.2) is 32.3 Å². The molecule has 1 aliphatic rings. The second-order valence-electron chi connectivity index (χ2n) is 7.16. The van der Waals surface area contributed by atoms with Gasteiger partial charge in [-0.1, -0.05) is 17.8 Å². The van der Waals surface area contributed by atoms with Gasteiger partial charge in [-0.25, -0.2) is 0 Å². The lowest BCUT2D eigenvalue weighted by Crippen LogP contribution is -2.16. The minimum Gasteiger partial charge on any atom is -0.326 e. The fourth-order valence-corrected chi connectivity index (χ4v) is 4.58. The van der Waals surface area contributed by atoms with Gasteiger partial charge in [0.1, 0.15) is 0 Å². The van der Waals surface area contributed by atoms with Gasteiger partial charge in [0.25, 0.3) is 0 Å². The number of rotatable bonds is 8. The molecule has 2 amide bonds. The van der Waals surface area contributed by atoms with Gasteiger partial charge in [0.15, 0.2) is 11.0 Å². The van der Waals surface area contributed by atoms with Crippen molar-refractivity contribution in [2.45, 2.75) is 38.4 Å². The first-order valence-corrected chi connectivity index (χ1v) is 11.7. The van der Waals surface area contributed by atoms with Crippen LogP contribution in [0.1, 0.15) is 25.3 Å². The molecule has 2 N–H and O–H groups in total. The number of nitrogens with zero attached hydrogens (tertiary/aromatic N) is 3. The summed E-state index contributed by atoms with van der Waals surface area (Å²) in [6.45, 7) is 4.69. The zero-order chi connectivity index (χ0) is 21.1. The Bertz CT molecular complexity index is 1060. The predicted molar refractivity (Wildman–Crippen MR) is 121 cm³/mol. The number of hydrogen-bond acceptors (Lipinski definition) is 6. The third-order valence-electron chi connectivity index (χ3n) is 4.82. The minimum absolute atomic E-state index is 0.0736. The van der Waals surface area contributed by atoms with Crippen molar-refractivity contribution in [1.82, 2.24) is 14.8 Å². The van der Waals surface area contributed by atoms with E-state index in [1.807, 2.05) is 54.1 Å². The molecule has 9 heteroatoms. The summed E-state index contributed by atoms with van der Waals surface area (Å²) in [5.74, 6) is 1.19. The van der Waals surface area contributed by atoms with Crippen LogP contribution in [-0.2, 0) is 16.1 Å². The Morgan fingerprint density at radius 3 is 2.73 bits per heavy atom. The zero-order valence-corrected chi connectivity index (χ0v) is 18.5. The average molecular weight is 442 g/mol. The van der Waals surface area contributed by atoms with Gasteiger partial charge in [-0.15, -0.1) is 21.5 Å². The van der Waals surface area contributed by atoms with Crippen LogP contribution in [0.5, 0.6) is 0 Å². The molecule has 7 nitrogen and oxygen atoms in total. The summed E-state index contributed by atoms with van der Waals surface area (Å²) in [5, 5.41) is 17.2. The topological polar surface area (TPSA) is 88.9 Å². The van der Waals surface area contributed by atoms with Crippen LogP contribution in [0.15, 0.2) is 40.9 Å². The van der Waals surface area contributed by atoms with Gasteiger partial charge in [-0.2, -0.15) is 0 Å². The van der Waals surface area contributed by atoms with Gasteiger partial charge in [-0.3, -0.25) is 9.59 Å². The lowest BCUT2D eigenvalue weighted by atomic mass is 10.1. The van der Waals surface area contributed by atoms with E-state index in [9.17, 15) is 9.59 Å². The Morgan fingerprint density at radius 2 is 2.07 bits per heavy atom. The fraction of sp³-hybridized carbons (Fsp3) is 0.333. The van der Waals surface area contributed by atoms with E-state index in [4.69, 9.17) is 0 Å². The molecule has 0 atom stereocenters. The number of amides is 2. The van der Waals surface area contributed by atoms with E-state index >= 15 is 0 Å². The number of nitrogens with one attached hydrogen (secondary N) is 2. The smallest absolute Gasteiger partial charge is 0.234 e. The normalized spacial score (nSPS) is 13.3. The van der Waals surface area contributed by atoms with E-state index in [-0.39, 0.29) is 23.5 Å². The summed E-state index contributed by atoms with van der Waals surface area (Å²) in [4.78, 5) is 25.4. The molecule has 1 aliphatic carbocycles. The Labute approximate surface area is 183 Å². The number of hydrogen-bond donors (Lipinski definition) is 2. The molecule has 2 aromatic heterocycles. The predicted octanol–water partition coefficient (Wildman–Crippen LogP) is 4.41. The molecule has 3 aromatic rings. The molecule has 0 spiro atoms. The lowest BCUT2D eigenvalue weighted by molar-refractivity contribution is -0.117. The van der Waals surface area contributed by atoms with Crippen molar-refractivity contribution in [1.29, 1.82) is 0 Å². The molecule has 1 saturated carbocycles. The number of carbonyl (C=O) groups excluding carboxylic acids is 2. The highest BCUT2D eigenvalue weighted by molar-refractivity contribution is 7.99. The first kappa shape index (κ1) is 20.6. The SMILES string of the molecule is CCn1c(SCC(=O)Nc2ccc(NC(=O)C3CC3)cc2C)nnc1-c1cccs1. The molecule has 0 bridgehead atoms. The minimum atomic E-state index is -0.110. The van der Waals surface area contributed by atoms with Crippen LogP contribution in [0, 0.1) is 12.8 Å². The van der Waals surface area contributed by atoms with Crippen LogP contribution in [0.3, 0.4) is 0 Å². The molecular formula is C21H23N5O2S2. The van der Waals surface area contributed by atoms with Crippen molar-refractivity contribution in [2.24, 2.45) is 5.92 Å². The van der Waals surface area contributed by atoms with Crippen LogP contribution >= 0.6 is 23.1 Å². The van der Waals surface area contributed by atoms with Gasteiger partial charge in [0, 0.05) is 23.8 Å². The molecule has 4 rings (SSSR count). The average Bonchev–Trinajstić information content (AvgIpc) is 3.29. The van der Waals surface area contributed by atoms with Crippen molar-refractivity contribution in [2.75, 3.05) is 16.4 Å². The Balaban J connectivity index is 1.35. The van der Waals surface area contributed by atoms with Crippen LogP contribution in [0.2, 0.25) is 0 Å². The van der Waals surface area contributed by atoms with Crippen molar-refractivity contribution in [3.63, 3.8) is 0 Å². The number of anilines is 2. The highest BCUT2D eigenvalue weighted by atomic mass is 32.2. The summed E-state index contributed by atoms with van der Waals surface area (Å²) in [6.07, 6.45) is 1.94. The van der Waals surface area contributed by atoms with Gasteiger partial charge in [0.05, 0.1) is 10.6 Å². The van der Waals surface area contributed by atoms with Crippen LogP contribution < -0.4 is 10.6 Å². The number of benzene rings is 1. The molecular weight excluding hydrogens is 418 g/mol. The third kappa shape index (κ3) is 4.73. The summed E-state index contributed by atoms with van der Waals surface area (Å²) in [7, 11) is 0. The number of thioether (sulfide) groups is 1. The summed E-state index contributed by atoms with van der Waals surface area (Å²) >= 11 is 2.99. The molecule has 1 fully saturated rings. The standard InChI is InChI=1S/C21H23N5O2S2/c1-3-26-19(17-5-4-10-29-17)24-25-21(26)30-12-18(27)23-16-9-8-15(11-13(16)2)22-20(28)14-6-7-14/h4-5,8-11,14H,3,6-7,12H2,1-2H3,(H,22,28)(H,23,27). The van der Waals surface area contributed by atoms with Crippen molar-refractivity contribution < 1.29 is 9.59 Å². The maximum absolute atomic E-state index is 12.5. The first-order chi connectivity index (χ1) is 14.5. The summed E-state index contributed by atoms with van der Waals surface area (Å²) in [5.41, 5.74) is 2.40. The lowest BCUT2D eigenvalue weighted by Gasteiger charge is -2.11. The number of aryl methyl sites for hydroxylation is 1. The Kier molecular flexibility index (Phi) is 6.19.